The van der Waals surface area contributed by atoms with Gasteiger partial charge in [0.25, 0.3) is 0 Å². The summed E-state index contributed by atoms with van der Waals surface area (Å²) in [6, 6.07) is 76.0. The second-order valence-electron chi connectivity index (χ2n) is 26.5. The van der Waals surface area contributed by atoms with Crippen molar-refractivity contribution in [3.8, 4) is 56.9 Å². The van der Waals surface area contributed by atoms with E-state index in [-0.39, 0.29) is 22.9 Å². The number of nitrogens with zero attached hydrogens (tertiary/aromatic N) is 8. The molecule has 2 aliphatic rings. The number of rotatable bonds is 11. The van der Waals surface area contributed by atoms with Crippen molar-refractivity contribution in [3.05, 3.63) is 263 Å². The van der Waals surface area contributed by atoms with Crippen LogP contribution >= 0.6 is 0 Å². The Kier molecular flexibility index (Phi) is 13.4. The molecule has 0 amide bonds. The third-order valence-corrected chi connectivity index (χ3v) is 18.2. The van der Waals surface area contributed by atoms with Crippen LogP contribution in [0.3, 0.4) is 0 Å². The summed E-state index contributed by atoms with van der Waals surface area (Å²) in [7, 11) is 0. The summed E-state index contributed by atoms with van der Waals surface area (Å²) in [5, 5.41) is 15.1. The van der Waals surface area contributed by atoms with Crippen LogP contribution in [0.2, 0.25) is 0 Å². The van der Waals surface area contributed by atoms with E-state index in [0.717, 1.165) is 134 Å². The van der Waals surface area contributed by atoms with Gasteiger partial charge in [0.1, 0.15) is 22.1 Å². The Hall–Kier alpha value is -11.0. The molecule has 14 aromatic rings. The maximum Gasteiger partial charge on any atom is 0.227 e. The number of para-hydroxylation sites is 2. The minimum absolute atomic E-state index is 0.00504. The van der Waals surface area contributed by atoms with E-state index in [4.69, 9.17) is 47.8 Å². The standard InChI is InChI=1S/C80H66N8O4/c1-47-11-9-13-71-73(47)83-77(91-71)57-31-37-61(38-32-57)87-67(45-63(85-87)51-19-27-55(28-20-51)75-81-65-43-59(79(3,4)5)35-41-69(65)89-75)53-23-15-49(16-24-53)50-17-25-54(26-18-50)68-46-64(52-21-29-56(30-22-52)76-82-66-44-60(80(6,7)8)36-42-70(66)90-76)86-88(68)62-39-33-58(34-40-62)78-84-74-48(2)12-10-14-72(74)92-78/h9-44,67-68H,45-46H2,1-8H3. The summed E-state index contributed by atoms with van der Waals surface area (Å²) in [6.45, 7) is 17.4. The highest BCUT2D eigenvalue weighted by atomic mass is 16.4. The van der Waals surface area contributed by atoms with E-state index in [9.17, 15) is 0 Å². The summed E-state index contributed by atoms with van der Waals surface area (Å²) in [5.41, 5.74) is 25.3. The molecule has 6 heterocycles. The molecule has 0 spiro atoms. The predicted octanol–water partition coefficient (Wildman–Crippen LogP) is 20.5. The molecule has 16 rings (SSSR count). The molecule has 450 valence electrons. The highest BCUT2D eigenvalue weighted by Gasteiger charge is 2.33. The number of hydrazone groups is 2. The summed E-state index contributed by atoms with van der Waals surface area (Å²) in [5.74, 6) is 2.37. The summed E-state index contributed by atoms with van der Waals surface area (Å²) in [4.78, 5) is 19.6. The Labute approximate surface area is 533 Å². The number of anilines is 2. The number of fused-ring (bicyclic) bond motifs is 4. The number of aryl methyl sites for hydroxylation is 2. The van der Waals surface area contributed by atoms with Crippen LogP contribution < -0.4 is 10.0 Å². The van der Waals surface area contributed by atoms with Crippen LogP contribution in [0.15, 0.2) is 246 Å². The molecule has 92 heavy (non-hydrogen) atoms. The number of oxazole rings is 4. The van der Waals surface area contributed by atoms with Crippen molar-refractivity contribution < 1.29 is 17.7 Å². The lowest BCUT2D eigenvalue weighted by atomic mass is 9.87. The fourth-order valence-electron chi connectivity index (χ4n) is 12.7. The molecule has 12 heteroatoms. The topological polar surface area (TPSA) is 135 Å². The Morgan fingerprint density at radius 1 is 0.337 bits per heavy atom. The molecule has 0 aliphatic carbocycles. The lowest BCUT2D eigenvalue weighted by Gasteiger charge is -2.25. The molecule has 12 nitrogen and oxygen atoms in total. The van der Waals surface area contributed by atoms with Crippen molar-refractivity contribution >= 4 is 67.2 Å². The van der Waals surface area contributed by atoms with Gasteiger partial charge in [-0.25, -0.2) is 19.9 Å². The van der Waals surface area contributed by atoms with Gasteiger partial charge in [0, 0.05) is 35.1 Å². The van der Waals surface area contributed by atoms with Crippen molar-refractivity contribution in [2.24, 2.45) is 10.2 Å². The highest BCUT2D eigenvalue weighted by molar-refractivity contribution is 6.04. The van der Waals surface area contributed by atoms with Crippen LogP contribution in [0.4, 0.5) is 11.4 Å². The normalized spacial score (nSPS) is 15.4. The van der Waals surface area contributed by atoms with Crippen molar-refractivity contribution in [3.63, 3.8) is 0 Å². The van der Waals surface area contributed by atoms with Gasteiger partial charge < -0.3 is 17.7 Å². The number of hydrogen-bond donors (Lipinski definition) is 0. The van der Waals surface area contributed by atoms with Gasteiger partial charge in [-0.3, -0.25) is 10.0 Å². The van der Waals surface area contributed by atoms with E-state index in [1.54, 1.807) is 0 Å². The van der Waals surface area contributed by atoms with E-state index in [0.29, 0.717) is 36.4 Å². The minimum Gasteiger partial charge on any atom is -0.436 e. The molecule has 4 aromatic heterocycles. The highest BCUT2D eigenvalue weighted by Crippen LogP contribution is 2.43. The van der Waals surface area contributed by atoms with Crippen molar-refractivity contribution in [1.29, 1.82) is 0 Å². The Morgan fingerprint density at radius 3 is 1.02 bits per heavy atom. The summed E-state index contributed by atoms with van der Waals surface area (Å²) < 4.78 is 25.1. The quantitative estimate of drug-likeness (QED) is 0.123. The van der Waals surface area contributed by atoms with Crippen LogP contribution in [0.5, 0.6) is 0 Å². The van der Waals surface area contributed by atoms with Crippen molar-refractivity contribution in [2.75, 3.05) is 10.0 Å². The largest absolute Gasteiger partial charge is 0.436 e. The first-order valence-electron chi connectivity index (χ1n) is 31.5. The first-order valence-corrected chi connectivity index (χ1v) is 31.5. The Bertz CT molecular complexity index is 4870. The zero-order valence-corrected chi connectivity index (χ0v) is 52.6. The van der Waals surface area contributed by atoms with E-state index in [1.165, 1.54) is 11.1 Å². The molecule has 2 atom stereocenters. The number of benzene rings is 10. The zero-order chi connectivity index (χ0) is 62.6. The fourth-order valence-corrected chi connectivity index (χ4v) is 12.7. The molecule has 0 N–H and O–H groups in total. The van der Waals surface area contributed by atoms with Gasteiger partial charge in [-0.2, -0.15) is 10.2 Å². The van der Waals surface area contributed by atoms with E-state index >= 15 is 0 Å². The van der Waals surface area contributed by atoms with Crippen LogP contribution in [-0.4, -0.2) is 31.4 Å². The number of hydrogen-bond acceptors (Lipinski definition) is 12. The molecule has 2 aliphatic heterocycles. The van der Waals surface area contributed by atoms with Crippen LogP contribution in [0.25, 0.3) is 101 Å². The second-order valence-corrected chi connectivity index (χ2v) is 26.5. The molecular formula is C80H66N8O4. The summed E-state index contributed by atoms with van der Waals surface area (Å²) in [6.07, 6.45) is 1.39. The van der Waals surface area contributed by atoms with E-state index < -0.39 is 0 Å². The first kappa shape index (κ1) is 56.3. The lowest BCUT2D eigenvalue weighted by molar-refractivity contribution is 0.589. The van der Waals surface area contributed by atoms with Gasteiger partial charge in [0.15, 0.2) is 22.3 Å². The van der Waals surface area contributed by atoms with Gasteiger partial charge in [0.2, 0.25) is 23.6 Å². The van der Waals surface area contributed by atoms with Crippen LogP contribution in [-0.2, 0) is 10.8 Å². The fraction of sp³-hybridized carbons (Fsp3) is 0.175. The molecule has 0 bridgehead atoms. The van der Waals surface area contributed by atoms with Gasteiger partial charge in [-0.1, -0.05) is 151 Å². The molecule has 0 fully saturated rings. The maximum absolute atomic E-state index is 6.29. The van der Waals surface area contributed by atoms with Crippen LogP contribution in [0, 0.1) is 13.8 Å². The minimum atomic E-state index is -0.0798. The van der Waals surface area contributed by atoms with Crippen molar-refractivity contribution in [2.45, 2.75) is 91.1 Å². The van der Waals surface area contributed by atoms with Gasteiger partial charge in [0.05, 0.1) is 34.9 Å². The molecule has 0 saturated carbocycles. The van der Waals surface area contributed by atoms with Gasteiger partial charge >= 0.3 is 0 Å². The van der Waals surface area contributed by atoms with Crippen LogP contribution in [0.1, 0.15) is 111 Å². The Balaban J connectivity index is 0.678. The first-order chi connectivity index (χ1) is 44.6. The molecule has 0 radical (unpaired) electrons. The number of aromatic nitrogens is 4. The third kappa shape index (κ3) is 10.4. The SMILES string of the molecule is Cc1cccc2oc(-c3ccc(N4N=C(c5ccc(-c6nc7cc(C(C)(C)C)ccc7o6)cc5)CC4c4ccc(-c5ccc(C6CC(c7ccc(-c8nc9cc(C(C)(C)C)ccc9o8)cc7)=NN6c6ccc(-c7nc8c(C)cccc8o7)cc6)cc5)cc4)cc3)nc12. The van der Waals surface area contributed by atoms with Gasteiger partial charge in [-0.15, -0.1) is 0 Å². The second kappa shape index (κ2) is 21.9. The van der Waals surface area contributed by atoms with Gasteiger partial charge in [-0.05, 0) is 190 Å². The van der Waals surface area contributed by atoms with Crippen molar-refractivity contribution in [1.82, 2.24) is 19.9 Å². The average Bonchev–Trinajstić information content (AvgIpc) is 1.70. The smallest absolute Gasteiger partial charge is 0.227 e. The molecular weight excluding hydrogens is 1140 g/mol. The zero-order valence-electron chi connectivity index (χ0n) is 52.6. The molecule has 2 unspecified atom stereocenters. The summed E-state index contributed by atoms with van der Waals surface area (Å²) >= 11 is 0. The third-order valence-electron chi connectivity index (χ3n) is 18.2. The Morgan fingerprint density at radius 2 is 0.663 bits per heavy atom. The monoisotopic (exact) mass is 1200 g/mol. The predicted molar refractivity (Wildman–Crippen MR) is 369 cm³/mol. The lowest BCUT2D eigenvalue weighted by Crippen LogP contribution is -2.18. The van der Waals surface area contributed by atoms with E-state index in [2.05, 4.69) is 247 Å². The average molecular weight is 1200 g/mol. The molecule has 10 aromatic carbocycles. The van der Waals surface area contributed by atoms with E-state index in [1.807, 2.05) is 36.4 Å². The maximum atomic E-state index is 6.29. The molecule has 0 saturated heterocycles.